The molecule has 0 aromatic carbocycles. The first-order valence-corrected chi connectivity index (χ1v) is 4.94. The van der Waals surface area contributed by atoms with Crippen LogP contribution in [0.15, 0.2) is 30.5 Å². The van der Waals surface area contributed by atoms with Crippen LogP contribution in [0.1, 0.15) is 0 Å². The number of amides is 1. The molecule has 0 saturated carbocycles. The quantitative estimate of drug-likeness (QED) is 0.604. The molecule has 6 heteroatoms. The van der Waals surface area contributed by atoms with E-state index in [1.807, 2.05) is 0 Å². The molecule has 0 radical (unpaired) electrons. The van der Waals surface area contributed by atoms with Gasteiger partial charge in [0, 0.05) is 19.4 Å². The second-order valence-electron chi connectivity index (χ2n) is 2.81. The fraction of sp³-hybridized carbons (Fsp3) is 0.200. The van der Waals surface area contributed by atoms with Gasteiger partial charge in [0.1, 0.15) is 0 Å². The number of hydrogen-bond acceptors (Lipinski definition) is 4. The highest BCUT2D eigenvalue weighted by molar-refractivity contribution is 6.32. The van der Waals surface area contributed by atoms with Crippen LogP contribution in [0, 0.1) is 0 Å². The van der Waals surface area contributed by atoms with Crippen LogP contribution in [0.3, 0.4) is 0 Å². The minimum Gasteiger partial charge on any atom is -0.381 e. The number of halogens is 1. The van der Waals surface area contributed by atoms with Crippen LogP contribution in [0.2, 0.25) is 5.02 Å². The fourth-order valence-electron chi connectivity index (χ4n) is 0.892. The molecule has 0 fully saturated rings. The molecule has 16 heavy (non-hydrogen) atoms. The summed E-state index contributed by atoms with van der Waals surface area (Å²) in [6, 6.07) is 3.37. The summed E-state index contributed by atoms with van der Waals surface area (Å²) in [5.74, 6) is 0.0939. The number of methoxy groups -OCH3 is 1. The number of aromatic nitrogens is 1. The number of hydrazine groups is 1. The maximum absolute atomic E-state index is 11.2. The van der Waals surface area contributed by atoms with Crippen molar-refractivity contribution in [3.63, 3.8) is 0 Å². The van der Waals surface area contributed by atoms with E-state index in [1.165, 1.54) is 6.08 Å². The number of nitrogens with zero attached hydrogens (tertiary/aromatic N) is 1. The second kappa shape index (κ2) is 6.81. The van der Waals surface area contributed by atoms with Gasteiger partial charge in [0.15, 0.2) is 5.82 Å². The first-order valence-electron chi connectivity index (χ1n) is 4.56. The van der Waals surface area contributed by atoms with Crippen molar-refractivity contribution in [3.8, 4) is 0 Å². The summed E-state index contributed by atoms with van der Waals surface area (Å²) < 4.78 is 4.75. The predicted molar refractivity (Wildman–Crippen MR) is 62.0 cm³/mol. The monoisotopic (exact) mass is 241 g/mol. The molecule has 1 heterocycles. The van der Waals surface area contributed by atoms with Gasteiger partial charge in [0.25, 0.3) is 5.91 Å². The Labute approximate surface area is 98.4 Å². The minimum atomic E-state index is -0.307. The molecule has 2 N–H and O–H groups in total. The Kier molecular flexibility index (Phi) is 5.31. The van der Waals surface area contributed by atoms with Gasteiger partial charge >= 0.3 is 0 Å². The Morgan fingerprint density at radius 2 is 2.50 bits per heavy atom. The summed E-state index contributed by atoms with van der Waals surface area (Å²) in [6.07, 6.45) is 4.52. The number of rotatable bonds is 5. The standard InChI is InChI=1S/C10H12ClN3O2/c1-16-7-3-5-9(15)13-14-10-8(11)4-2-6-12-10/h2-6H,7H2,1H3,(H,12,14)(H,13,15)/b5-3+. The highest BCUT2D eigenvalue weighted by Gasteiger charge is 2.00. The zero-order valence-electron chi connectivity index (χ0n) is 8.74. The second-order valence-corrected chi connectivity index (χ2v) is 3.21. The molecule has 1 aromatic heterocycles. The van der Waals surface area contributed by atoms with Crippen LogP contribution < -0.4 is 10.9 Å². The van der Waals surface area contributed by atoms with Crippen molar-refractivity contribution in [3.05, 3.63) is 35.5 Å². The Morgan fingerprint density at radius 3 is 3.19 bits per heavy atom. The van der Waals surface area contributed by atoms with Gasteiger partial charge in [-0.15, -0.1) is 0 Å². The third kappa shape index (κ3) is 4.29. The number of nitrogens with one attached hydrogen (secondary N) is 2. The Hall–Kier alpha value is -1.59. The normalized spacial score (nSPS) is 10.4. The van der Waals surface area contributed by atoms with Gasteiger partial charge in [-0.1, -0.05) is 17.7 Å². The number of pyridine rings is 1. The van der Waals surface area contributed by atoms with Crippen LogP contribution in [0.5, 0.6) is 0 Å². The molecule has 0 aliphatic carbocycles. The molecule has 0 bridgehead atoms. The van der Waals surface area contributed by atoms with Crippen LogP contribution in [0.4, 0.5) is 5.82 Å². The molecule has 1 amide bonds. The van der Waals surface area contributed by atoms with Crippen molar-refractivity contribution in [1.82, 2.24) is 10.4 Å². The number of anilines is 1. The molecule has 0 saturated heterocycles. The van der Waals surface area contributed by atoms with Crippen LogP contribution >= 0.6 is 11.6 Å². The largest absolute Gasteiger partial charge is 0.381 e. The summed E-state index contributed by atoms with van der Waals surface area (Å²) in [4.78, 5) is 15.2. The zero-order chi connectivity index (χ0) is 11.8. The molecular formula is C10H12ClN3O2. The summed E-state index contributed by atoms with van der Waals surface area (Å²) in [7, 11) is 1.55. The SMILES string of the molecule is COC/C=C/C(=O)NNc1ncccc1Cl. The van der Waals surface area contributed by atoms with E-state index in [0.717, 1.165) is 0 Å². The number of carbonyl (C=O) groups excluding carboxylic acids is 1. The summed E-state index contributed by atoms with van der Waals surface area (Å²) in [6.45, 7) is 0.387. The topological polar surface area (TPSA) is 63.2 Å². The number of carbonyl (C=O) groups is 1. The molecular weight excluding hydrogens is 230 g/mol. The first kappa shape index (κ1) is 12.5. The van der Waals surface area contributed by atoms with Gasteiger partial charge < -0.3 is 4.74 Å². The van der Waals surface area contributed by atoms with Gasteiger partial charge in [-0.3, -0.25) is 15.6 Å². The molecule has 0 unspecified atom stereocenters. The van der Waals surface area contributed by atoms with E-state index in [2.05, 4.69) is 15.8 Å². The minimum absolute atomic E-state index is 0.307. The lowest BCUT2D eigenvalue weighted by Crippen LogP contribution is -2.28. The highest BCUT2D eigenvalue weighted by Crippen LogP contribution is 2.15. The van der Waals surface area contributed by atoms with E-state index in [-0.39, 0.29) is 5.91 Å². The van der Waals surface area contributed by atoms with Crippen molar-refractivity contribution < 1.29 is 9.53 Å². The average molecular weight is 242 g/mol. The molecule has 0 aliphatic rings. The van der Waals surface area contributed by atoms with E-state index >= 15 is 0 Å². The van der Waals surface area contributed by atoms with E-state index < -0.39 is 0 Å². The molecule has 0 aliphatic heterocycles. The maximum atomic E-state index is 11.2. The fourth-order valence-corrected chi connectivity index (χ4v) is 1.06. The summed E-state index contributed by atoms with van der Waals surface area (Å²) in [5.41, 5.74) is 5.03. The predicted octanol–water partition coefficient (Wildman–Crippen LogP) is 1.38. The van der Waals surface area contributed by atoms with Gasteiger partial charge in [-0.05, 0) is 12.1 Å². The van der Waals surface area contributed by atoms with Gasteiger partial charge in [-0.25, -0.2) is 4.98 Å². The van der Waals surface area contributed by atoms with Crippen molar-refractivity contribution in [1.29, 1.82) is 0 Å². The number of ether oxygens (including phenoxy) is 1. The number of hydrogen-bond donors (Lipinski definition) is 2. The van der Waals surface area contributed by atoms with E-state index in [4.69, 9.17) is 16.3 Å². The molecule has 0 spiro atoms. The van der Waals surface area contributed by atoms with Crippen LogP contribution in [0.25, 0.3) is 0 Å². The van der Waals surface area contributed by atoms with E-state index in [9.17, 15) is 4.79 Å². The molecule has 1 aromatic rings. The molecule has 86 valence electrons. The lowest BCUT2D eigenvalue weighted by Gasteiger charge is -2.06. The Balaban J connectivity index is 2.40. The van der Waals surface area contributed by atoms with Crippen LogP contribution in [-0.2, 0) is 9.53 Å². The van der Waals surface area contributed by atoms with Gasteiger partial charge in [0.2, 0.25) is 0 Å². The smallest absolute Gasteiger partial charge is 0.262 e. The van der Waals surface area contributed by atoms with E-state index in [1.54, 1.807) is 31.5 Å². The third-order valence-corrected chi connectivity index (χ3v) is 1.90. The summed E-state index contributed by atoms with van der Waals surface area (Å²) in [5, 5.41) is 0.434. The Bertz CT molecular complexity index is 382. The van der Waals surface area contributed by atoms with Crippen molar-refractivity contribution >= 4 is 23.3 Å². The van der Waals surface area contributed by atoms with E-state index in [0.29, 0.717) is 17.4 Å². The van der Waals surface area contributed by atoms with Crippen molar-refractivity contribution in [2.45, 2.75) is 0 Å². The van der Waals surface area contributed by atoms with Gasteiger partial charge in [-0.2, -0.15) is 0 Å². The Morgan fingerprint density at radius 1 is 1.69 bits per heavy atom. The zero-order valence-corrected chi connectivity index (χ0v) is 9.49. The first-order chi connectivity index (χ1) is 7.74. The molecule has 1 rings (SSSR count). The van der Waals surface area contributed by atoms with Gasteiger partial charge in [0.05, 0.1) is 11.6 Å². The molecule has 0 atom stereocenters. The van der Waals surface area contributed by atoms with Crippen molar-refractivity contribution in [2.24, 2.45) is 0 Å². The highest BCUT2D eigenvalue weighted by atomic mass is 35.5. The lowest BCUT2D eigenvalue weighted by molar-refractivity contribution is -0.116. The maximum Gasteiger partial charge on any atom is 0.262 e. The van der Waals surface area contributed by atoms with Crippen molar-refractivity contribution in [2.75, 3.05) is 19.1 Å². The average Bonchev–Trinajstić information content (AvgIpc) is 2.28. The van der Waals surface area contributed by atoms with Crippen LogP contribution in [-0.4, -0.2) is 24.6 Å². The molecule has 5 nitrogen and oxygen atoms in total. The summed E-state index contributed by atoms with van der Waals surface area (Å²) >= 11 is 5.82. The lowest BCUT2D eigenvalue weighted by atomic mass is 10.4. The third-order valence-electron chi connectivity index (χ3n) is 1.59.